The Kier molecular flexibility index (Phi) is 3.55. The van der Waals surface area contributed by atoms with E-state index in [-0.39, 0.29) is 0 Å². The topological polar surface area (TPSA) is 15.3 Å². The summed E-state index contributed by atoms with van der Waals surface area (Å²) in [5, 5.41) is 5.10. The molecule has 0 saturated carbocycles. The first-order valence-electron chi connectivity index (χ1n) is 8.82. The molecule has 0 aliphatic carbocycles. The molecule has 4 heteroatoms. The summed E-state index contributed by atoms with van der Waals surface area (Å²) in [6, 6.07) is 11.1. The quantitative estimate of drug-likeness (QED) is 0.781. The van der Waals surface area contributed by atoms with Crippen LogP contribution in [0.3, 0.4) is 0 Å². The smallest absolute Gasteiger partial charge is 0.0485 e. The van der Waals surface area contributed by atoms with Gasteiger partial charge in [-0.3, -0.25) is 0 Å². The van der Waals surface area contributed by atoms with Gasteiger partial charge in [0.15, 0.2) is 0 Å². The first-order valence-corrected chi connectivity index (χ1v) is 9.57. The third-order valence-corrected chi connectivity index (χ3v) is 6.40. The van der Waals surface area contributed by atoms with Crippen LogP contribution >= 0.6 is 23.2 Å². The predicted molar refractivity (Wildman–Crippen MR) is 102 cm³/mol. The number of fused-ring (bicyclic) bond motifs is 3. The van der Waals surface area contributed by atoms with E-state index in [1.165, 1.54) is 41.8 Å². The summed E-state index contributed by atoms with van der Waals surface area (Å²) in [5.74, 6) is 0.600. The predicted octanol–water partition coefficient (Wildman–Crippen LogP) is 4.87. The summed E-state index contributed by atoms with van der Waals surface area (Å²) in [6.45, 7) is 3.42. The summed E-state index contributed by atoms with van der Waals surface area (Å²) in [4.78, 5) is 2.68. The van der Waals surface area contributed by atoms with E-state index < -0.39 is 0 Å². The van der Waals surface area contributed by atoms with E-state index in [1.807, 2.05) is 18.2 Å². The van der Waals surface area contributed by atoms with E-state index >= 15 is 0 Å². The van der Waals surface area contributed by atoms with Crippen molar-refractivity contribution in [2.45, 2.75) is 31.2 Å². The number of hydrogen-bond acceptors (Lipinski definition) is 2. The van der Waals surface area contributed by atoms with Crippen molar-refractivity contribution in [2.75, 3.05) is 24.5 Å². The third-order valence-electron chi connectivity index (χ3n) is 5.84. The molecular weight excluding hydrogens is 339 g/mol. The maximum absolute atomic E-state index is 6.48. The number of benzene rings is 2. The summed E-state index contributed by atoms with van der Waals surface area (Å²) in [6.07, 6.45) is 3.65. The highest BCUT2D eigenvalue weighted by Crippen LogP contribution is 2.49. The fourth-order valence-electron chi connectivity index (χ4n) is 4.84. The van der Waals surface area contributed by atoms with Gasteiger partial charge in [0.2, 0.25) is 0 Å². The Hall–Kier alpha value is -1.22. The average molecular weight is 359 g/mol. The van der Waals surface area contributed by atoms with Crippen LogP contribution in [0.1, 0.15) is 29.9 Å². The van der Waals surface area contributed by atoms with Crippen molar-refractivity contribution >= 4 is 28.9 Å². The number of aryl methyl sites for hydroxylation is 1. The summed E-state index contributed by atoms with van der Waals surface area (Å²) in [7, 11) is 0. The van der Waals surface area contributed by atoms with Crippen molar-refractivity contribution in [3.63, 3.8) is 0 Å². The van der Waals surface area contributed by atoms with Crippen LogP contribution in [0.15, 0.2) is 30.3 Å². The van der Waals surface area contributed by atoms with Gasteiger partial charge in [-0.15, -0.1) is 0 Å². The summed E-state index contributed by atoms with van der Waals surface area (Å²) in [5.41, 5.74) is 6.77. The van der Waals surface area contributed by atoms with Crippen LogP contribution in [-0.4, -0.2) is 25.7 Å². The lowest BCUT2D eigenvalue weighted by Crippen LogP contribution is -2.45. The standard InChI is InChI=1S/C20H20Cl2N2/c21-14-3-4-18(22)15(10-14)13-8-12-2-1-7-24-19-5-6-23-11-17(19)16(9-13)20(12)24/h3-4,8-10,17,19,23H,1-2,5-7,11H2/t17-,19-/m1/s1. The first kappa shape index (κ1) is 15.1. The molecule has 0 amide bonds. The van der Waals surface area contributed by atoms with Gasteiger partial charge in [-0.1, -0.05) is 23.2 Å². The Morgan fingerprint density at radius 1 is 1.12 bits per heavy atom. The van der Waals surface area contributed by atoms with Crippen LogP contribution in [0.5, 0.6) is 0 Å². The monoisotopic (exact) mass is 358 g/mol. The molecule has 2 aromatic rings. The van der Waals surface area contributed by atoms with Gasteiger partial charge < -0.3 is 10.2 Å². The van der Waals surface area contributed by atoms with Gasteiger partial charge in [0, 0.05) is 46.3 Å². The number of piperidine rings is 1. The van der Waals surface area contributed by atoms with Crippen LogP contribution < -0.4 is 10.2 Å². The Morgan fingerprint density at radius 3 is 2.96 bits per heavy atom. The zero-order valence-corrected chi connectivity index (χ0v) is 15.0. The maximum Gasteiger partial charge on any atom is 0.0485 e. The van der Waals surface area contributed by atoms with Gasteiger partial charge in [0.25, 0.3) is 0 Å². The van der Waals surface area contributed by atoms with E-state index in [1.54, 1.807) is 0 Å². The van der Waals surface area contributed by atoms with Crippen molar-refractivity contribution in [3.05, 3.63) is 51.5 Å². The Morgan fingerprint density at radius 2 is 2.04 bits per heavy atom. The molecular formula is C20H20Cl2N2. The van der Waals surface area contributed by atoms with E-state index in [9.17, 15) is 0 Å². The molecule has 1 saturated heterocycles. The normalized spacial score (nSPS) is 24.7. The van der Waals surface area contributed by atoms with Gasteiger partial charge in [-0.2, -0.15) is 0 Å². The van der Waals surface area contributed by atoms with E-state index in [4.69, 9.17) is 23.2 Å². The molecule has 1 N–H and O–H groups in total. The highest BCUT2D eigenvalue weighted by atomic mass is 35.5. The fourth-order valence-corrected chi connectivity index (χ4v) is 5.23. The molecule has 0 bridgehead atoms. The number of halogens is 2. The van der Waals surface area contributed by atoms with Crippen molar-refractivity contribution in [1.29, 1.82) is 0 Å². The van der Waals surface area contributed by atoms with Gasteiger partial charge in [-0.05, 0) is 72.8 Å². The highest BCUT2D eigenvalue weighted by Gasteiger charge is 2.42. The molecule has 2 nitrogen and oxygen atoms in total. The number of hydrogen-bond donors (Lipinski definition) is 1. The van der Waals surface area contributed by atoms with Crippen molar-refractivity contribution in [3.8, 4) is 11.1 Å². The van der Waals surface area contributed by atoms with Gasteiger partial charge in [0.1, 0.15) is 0 Å². The van der Waals surface area contributed by atoms with Crippen molar-refractivity contribution in [1.82, 2.24) is 5.32 Å². The second-order valence-electron chi connectivity index (χ2n) is 7.16. The average Bonchev–Trinajstić information content (AvgIpc) is 2.93. The van der Waals surface area contributed by atoms with E-state index in [0.29, 0.717) is 12.0 Å². The van der Waals surface area contributed by atoms with Crippen LogP contribution in [0.2, 0.25) is 10.0 Å². The SMILES string of the molecule is Clc1ccc(Cl)c(-c2cc3c4c(c2)[C@H]2CNCC[C@H]2N4CCC3)c1. The lowest BCUT2D eigenvalue weighted by molar-refractivity contribution is 0.400. The molecule has 0 aromatic heterocycles. The highest BCUT2D eigenvalue weighted by molar-refractivity contribution is 6.35. The maximum atomic E-state index is 6.48. The molecule has 3 aliphatic rings. The lowest BCUT2D eigenvalue weighted by Gasteiger charge is -2.36. The van der Waals surface area contributed by atoms with Crippen molar-refractivity contribution in [2.24, 2.45) is 0 Å². The molecule has 0 radical (unpaired) electrons. The fraction of sp³-hybridized carbons (Fsp3) is 0.400. The molecule has 0 unspecified atom stereocenters. The zero-order valence-electron chi connectivity index (χ0n) is 13.5. The molecule has 1 fully saturated rings. The van der Waals surface area contributed by atoms with Crippen LogP contribution in [0.4, 0.5) is 5.69 Å². The summed E-state index contributed by atoms with van der Waals surface area (Å²) < 4.78 is 0. The lowest BCUT2D eigenvalue weighted by atomic mass is 9.87. The molecule has 0 spiro atoms. The first-order chi connectivity index (χ1) is 11.7. The molecule has 124 valence electrons. The Bertz CT molecular complexity index is 818. The van der Waals surface area contributed by atoms with Crippen LogP contribution in [0, 0.1) is 0 Å². The van der Waals surface area contributed by atoms with Crippen LogP contribution in [0.25, 0.3) is 11.1 Å². The van der Waals surface area contributed by atoms with Gasteiger partial charge in [0.05, 0.1) is 0 Å². The second kappa shape index (κ2) is 5.66. The Balaban J connectivity index is 1.70. The van der Waals surface area contributed by atoms with Crippen LogP contribution in [-0.2, 0) is 6.42 Å². The Labute approximate surface area is 152 Å². The van der Waals surface area contributed by atoms with E-state index in [2.05, 4.69) is 22.3 Å². The molecule has 3 aliphatic heterocycles. The minimum Gasteiger partial charge on any atom is -0.367 e. The minimum absolute atomic E-state index is 0.600. The number of rotatable bonds is 1. The summed E-state index contributed by atoms with van der Waals surface area (Å²) >= 11 is 12.7. The minimum atomic E-state index is 0.600. The largest absolute Gasteiger partial charge is 0.367 e. The molecule has 2 aromatic carbocycles. The zero-order chi connectivity index (χ0) is 16.3. The molecule has 24 heavy (non-hydrogen) atoms. The molecule has 5 rings (SSSR count). The number of anilines is 1. The van der Waals surface area contributed by atoms with Gasteiger partial charge in [-0.25, -0.2) is 0 Å². The van der Waals surface area contributed by atoms with Gasteiger partial charge >= 0.3 is 0 Å². The number of nitrogens with one attached hydrogen (secondary N) is 1. The van der Waals surface area contributed by atoms with E-state index in [0.717, 1.165) is 35.1 Å². The second-order valence-corrected chi connectivity index (χ2v) is 8.00. The number of nitrogens with zero attached hydrogens (tertiary/aromatic N) is 1. The molecule has 3 heterocycles. The third kappa shape index (κ3) is 2.20. The molecule has 2 atom stereocenters. The van der Waals surface area contributed by atoms with Crippen molar-refractivity contribution < 1.29 is 0 Å².